The van der Waals surface area contributed by atoms with E-state index in [1.165, 1.54) is 5.69 Å². The summed E-state index contributed by atoms with van der Waals surface area (Å²) in [5, 5.41) is 4.23. The summed E-state index contributed by atoms with van der Waals surface area (Å²) in [7, 11) is 0. The van der Waals surface area contributed by atoms with Crippen LogP contribution in [0.15, 0.2) is 16.8 Å². The molecule has 1 aromatic heterocycles. The van der Waals surface area contributed by atoms with Crippen molar-refractivity contribution in [3.05, 3.63) is 16.8 Å². The van der Waals surface area contributed by atoms with E-state index in [1.807, 2.05) is 0 Å². The zero-order valence-corrected chi connectivity index (χ0v) is 11.6. The molecule has 0 radical (unpaired) electrons. The summed E-state index contributed by atoms with van der Waals surface area (Å²) in [6, 6.07) is 2.12. The van der Waals surface area contributed by atoms with Crippen LogP contribution in [0.4, 0.5) is 10.5 Å². The van der Waals surface area contributed by atoms with Crippen LogP contribution in [0.25, 0.3) is 0 Å². The first kappa shape index (κ1) is 13.2. The number of nitrogens with zero attached hydrogens (tertiary/aromatic N) is 2. The first-order valence-corrected chi connectivity index (χ1v) is 7.44. The maximum Gasteiger partial charge on any atom is 0.409 e. The molecule has 0 saturated carbocycles. The van der Waals surface area contributed by atoms with Crippen LogP contribution in [-0.4, -0.2) is 43.8 Å². The van der Waals surface area contributed by atoms with E-state index in [4.69, 9.17) is 4.74 Å². The van der Waals surface area contributed by atoms with Crippen molar-refractivity contribution < 1.29 is 9.53 Å². The average Bonchev–Trinajstić information content (AvgIpc) is 2.93. The fourth-order valence-corrected chi connectivity index (χ4v) is 2.64. The molecule has 0 aromatic carbocycles. The molecule has 0 spiro atoms. The van der Waals surface area contributed by atoms with Crippen LogP contribution in [0.2, 0.25) is 0 Å². The Hall–Kier alpha value is -1.23. The van der Waals surface area contributed by atoms with Gasteiger partial charge in [0, 0.05) is 37.2 Å². The van der Waals surface area contributed by atoms with Gasteiger partial charge in [0.25, 0.3) is 0 Å². The maximum absolute atomic E-state index is 11.8. The molecule has 0 bridgehead atoms. The van der Waals surface area contributed by atoms with Crippen LogP contribution in [-0.2, 0) is 4.74 Å². The SMILES string of the molecule is CCCCOC(=O)N1CCN(c2ccsc2)CC1. The second-order valence-electron chi connectivity index (χ2n) is 4.42. The number of anilines is 1. The number of carbonyl (C=O) groups is 1. The molecule has 1 aliphatic rings. The van der Waals surface area contributed by atoms with Crippen molar-refractivity contribution in [1.82, 2.24) is 4.90 Å². The number of amides is 1. The second kappa shape index (κ2) is 6.64. The van der Waals surface area contributed by atoms with Crippen LogP contribution in [0.3, 0.4) is 0 Å². The van der Waals surface area contributed by atoms with E-state index >= 15 is 0 Å². The third-order valence-corrected chi connectivity index (χ3v) is 3.80. The fourth-order valence-electron chi connectivity index (χ4n) is 1.98. The molecule has 1 amide bonds. The quantitative estimate of drug-likeness (QED) is 0.787. The minimum Gasteiger partial charge on any atom is -0.449 e. The van der Waals surface area contributed by atoms with E-state index in [0.29, 0.717) is 6.61 Å². The van der Waals surface area contributed by atoms with Crippen molar-refractivity contribution in [1.29, 1.82) is 0 Å². The Morgan fingerprint density at radius 3 is 2.78 bits per heavy atom. The van der Waals surface area contributed by atoms with Gasteiger partial charge in [-0.05, 0) is 17.9 Å². The molecule has 2 heterocycles. The number of unbranched alkanes of at least 4 members (excludes halogenated alkanes) is 1. The molecule has 1 saturated heterocycles. The monoisotopic (exact) mass is 268 g/mol. The summed E-state index contributed by atoms with van der Waals surface area (Å²) in [6.07, 6.45) is 1.84. The molecular formula is C13H20N2O2S. The molecule has 2 rings (SSSR count). The zero-order valence-electron chi connectivity index (χ0n) is 10.8. The second-order valence-corrected chi connectivity index (χ2v) is 5.20. The average molecular weight is 268 g/mol. The van der Waals surface area contributed by atoms with Crippen LogP contribution in [0, 0.1) is 0 Å². The number of rotatable bonds is 4. The molecule has 0 aliphatic carbocycles. The summed E-state index contributed by atoms with van der Waals surface area (Å²) in [5.74, 6) is 0. The van der Waals surface area contributed by atoms with E-state index in [-0.39, 0.29) is 6.09 Å². The maximum atomic E-state index is 11.8. The van der Waals surface area contributed by atoms with Crippen molar-refractivity contribution >= 4 is 23.1 Å². The minimum atomic E-state index is -0.159. The molecule has 100 valence electrons. The molecule has 1 aromatic rings. The first-order valence-electron chi connectivity index (χ1n) is 6.50. The highest BCUT2D eigenvalue weighted by molar-refractivity contribution is 7.08. The van der Waals surface area contributed by atoms with E-state index in [0.717, 1.165) is 39.0 Å². The van der Waals surface area contributed by atoms with Crippen LogP contribution in [0.1, 0.15) is 19.8 Å². The standard InChI is InChI=1S/C13H20N2O2S/c1-2-3-9-17-13(16)15-7-5-14(6-8-15)12-4-10-18-11-12/h4,10-11H,2-3,5-9H2,1H3. The Morgan fingerprint density at radius 2 is 2.17 bits per heavy atom. The highest BCUT2D eigenvalue weighted by Crippen LogP contribution is 2.19. The Morgan fingerprint density at radius 1 is 1.39 bits per heavy atom. The van der Waals surface area contributed by atoms with Crippen molar-refractivity contribution in [3.8, 4) is 0 Å². The Bertz CT molecular complexity index is 359. The Kier molecular flexibility index (Phi) is 4.87. The van der Waals surface area contributed by atoms with E-state index in [2.05, 4.69) is 28.7 Å². The van der Waals surface area contributed by atoms with Crippen molar-refractivity contribution in [2.75, 3.05) is 37.7 Å². The number of thiophene rings is 1. The molecule has 4 nitrogen and oxygen atoms in total. The number of hydrogen-bond acceptors (Lipinski definition) is 4. The van der Waals surface area contributed by atoms with Gasteiger partial charge in [-0.1, -0.05) is 13.3 Å². The lowest BCUT2D eigenvalue weighted by Crippen LogP contribution is -2.48. The highest BCUT2D eigenvalue weighted by atomic mass is 32.1. The largest absolute Gasteiger partial charge is 0.449 e. The van der Waals surface area contributed by atoms with Crippen molar-refractivity contribution in [3.63, 3.8) is 0 Å². The lowest BCUT2D eigenvalue weighted by molar-refractivity contribution is 0.0989. The van der Waals surface area contributed by atoms with E-state index in [9.17, 15) is 4.79 Å². The lowest BCUT2D eigenvalue weighted by Gasteiger charge is -2.34. The first-order chi connectivity index (χ1) is 8.81. The predicted octanol–water partition coefficient (Wildman–Crippen LogP) is 2.81. The number of ether oxygens (including phenoxy) is 1. The molecule has 5 heteroatoms. The third-order valence-electron chi connectivity index (χ3n) is 3.13. The summed E-state index contributed by atoms with van der Waals surface area (Å²) in [6.45, 7) is 5.91. The Balaban J connectivity index is 1.74. The molecule has 1 aliphatic heterocycles. The molecule has 0 atom stereocenters. The van der Waals surface area contributed by atoms with Crippen LogP contribution < -0.4 is 4.90 Å². The van der Waals surface area contributed by atoms with Gasteiger partial charge in [0.1, 0.15) is 0 Å². The summed E-state index contributed by atoms with van der Waals surface area (Å²) in [5.41, 5.74) is 1.26. The van der Waals surface area contributed by atoms with Gasteiger partial charge in [-0.15, -0.1) is 0 Å². The fraction of sp³-hybridized carbons (Fsp3) is 0.615. The molecule has 18 heavy (non-hydrogen) atoms. The smallest absolute Gasteiger partial charge is 0.409 e. The van der Waals surface area contributed by atoms with Gasteiger partial charge >= 0.3 is 6.09 Å². The van der Waals surface area contributed by atoms with Gasteiger partial charge < -0.3 is 14.5 Å². The van der Waals surface area contributed by atoms with Gasteiger partial charge in [-0.2, -0.15) is 11.3 Å². The molecule has 1 fully saturated rings. The third kappa shape index (κ3) is 3.38. The van der Waals surface area contributed by atoms with Gasteiger partial charge in [-0.25, -0.2) is 4.79 Å². The van der Waals surface area contributed by atoms with Gasteiger partial charge in [-0.3, -0.25) is 0 Å². The topological polar surface area (TPSA) is 32.8 Å². The van der Waals surface area contributed by atoms with E-state index in [1.54, 1.807) is 16.2 Å². The summed E-state index contributed by atoms with van der Waals surface area (Å²) < 4.78 is 5.22. The van der Waals surface area contributed by atoms with Gasteiger partial charge in [0.2, 0.25) is 0 Å². The number of carbonyl (C=O) groups excluding carboxylic acids is 1. The van der Waals surface area contributed by atoms with Gasteiger partial charge in [0.05, 0.1) is 6.61 Å². The van der Waals surface area contributed by atoms with E-state index < -0.39 is 0 Å². The zero-order chi connectivity index (χ0) is 12.8. The van der Waals surface area contributed by atoms with Gasteiger partial charge in [0.15, 0.2) is 0 Å². The minimum absolute atomic E-state index is 0.159. The summed E-state index contributed by atoms with van der Waals surface area (Å²) >= 11 is 1.71. The number of hydrogen-bond donors (Lipinski definition) is 0. The molecule has 0 N–H and O–H groups in total. The molecule has 0 unspecified atom stereocenters. The molecular weight excluding hydrogens is 248 g/mol. The number of piperazine rings is 1. The highest BCUT2D eigenvalue weighted by Gasteiger charge is 2.22. The summed E-state index contributed by atoms with van der Waals surface area (Å²) in [4.78, 5) is 15.9. The van der Waals surface area contributed by atoms with Crippen LogP contribution in [0.5, 0.6) is 0 Å². The lowest BCUT2D eigenvalue weighted by atomic mass is 10.3. The van der Waals surface area contributed by atoms with Crippen molar-refractivity contribution in [2.24, 2.45) is 0 Å². The normalized spacial score (nSPS) is 15.8. The van der Waals surface area contributed by atoms with Crippen LogP contribution >= 0.6 is 11.3 Å². The Labute approximate surface area is 112 Å². The van der Waals surface area contributed by atoms with Crippen molar-refractivity contribution in [2.45, 2.75) is 19.8 Å². The predicted molar refractivity (Wildman–Crippen MR) is 74.4 cm³/mol.